The molecule has 0 radical (unpaired) electrons. The second-order valence-electron chi connectivity index (χ2n) is 10.3. The van der Waals surface area contributed by atoms with Gasteiger partial charge in [-0.25, -0.2) is 4.79 Å². The van der Waals surface area contributed by atoms with Crippen molar-refractivity contribution in [3.8, 4) is 0 Å². The van der Waals surface area contributed by atoms with Crippen LogP contribution in [0.2, 0.25) is 0 Å². The van der Waals surface area contributed by atoms with Crippen LogP contribution in [-0.2, 0) is 16.1 Å². The molecule has 2 aliphatic heterocycles. The number of amides is 3. The minimum Gasteiger partial charge on any atom is -0.465 e. The van der Waals surface area contributed by atoms with Gasteiger partial charge in [0.05, 0.1) is 19.1 Å². The maximum Gasteiger partial charge on any atom is 0.407 e. The number of hydrogen-bond donors (Lipinski definition) is 4. The van der Waals surface area contributed by atoms with E-state index >= 15 is 0 Å². The van der Waals surface area contributed by atoms with Crippen LogP contribution in [0.25, 0.3) is 0 Å². The number of nitrogens with zero attached hydrogens (tertiary/aromatic N) is 2. The first-order valence-electron chi connectivity index (χ1n) is 12.9. The van der Waals surface area contributed by atoms with Gasteiger partial charge in [-0.3, -0.25) is 9.59 Å². The lowest BCUT2D eigenvalue weighted by atomic mass is 9.61. The molecule has 0 bridgehead atoms. The van der Waals surface area contributed by atoms with Crippen LogP contribution in [0.3, 0.4) is 0 Å². The van der Waals surface area contributed by atoms with Gasteiger partial charge < -0.3 is 31.3 Å². The third-order valence-electron chi connectivity index (χ3n) is 8.27. The molecule has 10 heteroatoms. The van der Waals surface area contributed by atoms with E-state index in [1.807, 2.05) is 17.5 Å². The number of piperidine rings is 1. The molecule has 1 aromatic heterocycles. The quantitative estimate of drug-likeness (QED) is 0.450. The first-order valence-corrected chi connectivity index (χ1v) is 13.8. The largest absolute Gasteiger partial charge is 0.465 e. The van der Waals surface area contributed by atoms with Crippen molar-refractivity contribution in [2.45, 2.75) is 70.0 Å². The average Bonchev–Trinajstić information content (AvgIpc) is 3.41. The summed E-state index contributed by atoms with van der Waals surface area (Å²) in [7, 11) is 0. The third-order valence-corrected chi connectivity index (χ3v) is 9.14. The molecule has 1 unspecified atom stereocenters. The number of thiophene rings is 1. The molecule has 9 nitrogen and oxygen atoms in total. The lowest BCUT2D eigenvalue weighted by Gasteiger charge is -2.47. The van der Waals surface area contributed by atoms with Crippen molar-refractivity contribution in [2.24, 2.45) is 17.1 Å². The Hall–Kier alpha value is -2.17. The Bertz CT molecular complexity index is 867. The van der Waals surface area contributed by atoms with Crippen molar-refractivity contribution < 1.29 is 19.5 Å². The highest BCUT2D eigenvalue weighted by Crippen LogP contribution is 2.47. The second-order valence-corrected chi connectivity index (χ2v) is 11.4. The molecule has 1 aliphatic carbocycles. The highest BCUT2D eigenvalue weighted by atomic mass is 32.1. The lowest BCUT2D eigenvalue weighted by molar-refractivity contribution is -0.145. The third kappa shape index (κ3) is 6.16. The predicted octanol–water partition coefficient (Wildman–Crippen LogP) is 2.22. The second kappa shape index (κ2) is 11.7. The van der Waals surface area contributed by atoms with Crippen LogP contribution in [-0.4, -0.2) is 77.6 Å². The van der Waals surface area contributed by atoms with Gasteiger partial charge in [-0.1, -0.05) is 25.3 Å². The molecule has 1 saturated carbocycles. The molecule has 4 rings (SSSR count). The number of nitrogens with two attached hydrogens (primary N) is 1. The predicted molar refractivity (Wildman–Crippen MR) is 135 cm³/mol. The topological polar surface area (TPSA) is 128 Å². The molecule has 2 saturated heterocycles. The van der Waals surface area contributed by atoms with E-state index in [9.17, 15) is 19.5 Å². The first-order chi connectivity index (χ1) is 16.9. The Morgan fingerprint density at radius 2 is 1.94 bits per heavy atom. The van der Waals surface area contributed by atoms with Crippen molar-refractivity contribution in [3.63, 3.8) is 0 Å². The van der Waals surface area contributed by atoms with Gasteiger partial charge in [0, 0.05) is 18.0 Å². The van der Waals surface area contributed by atoms with Crippen molar-refractivity contribution in [3.05, 3.63) is 22.4 Å². The van der Waals surface area contributed by atoms with Gasteiger partial charge in [0.1, 0.15) is 6.04 Å². The molecule has 3 amide bonds. The van der Waals surface area contributed by atoms with Crippen LogP contribution in [0.4, 0.5) is 4.79 Å². The molecule has 5 N–H and O–H groups in total. The van der Waals surface area contributed by atoms with Crippen LogP contribution < -0.4 is 16.4 Å². The van der Waals surface area contributed by atoms with E-state index in [4.69, 9.17) is 5.73 Å². The Labute approximate surface area is 211 Å². The molecule has 194 valence electrons. The molecule has 3 aliphatic rings. The summed E-state index contributed by atoms with van der Waals surface area (Å²) >= 11 is 1.54. The van der Waals surface area contributed by atoms with E-state index in [1.165, 1.54) is 53.2 Å². The van der Waals surface area contributed by atoms with Gasteiger partial charge in [0.25, 0.3) is 0 Å². The van der Waals surface area contributed by atoms with Crippen molar-refractivity contribution >= 4 is 29.2 Å². The number of rotatable bonds is 7. The fourth-order valence-electron chi connectivity index (χ4n) is 6.31. The number of carbonyl (C=O) groups is 3. The van der Waals surface area contributed by atoms with E-state index in [-0.39, 0.29) is 36.9 Å². The van der Waals surface area contributed by atoms with Crippen LogP contribution in [0.1, 0.15) is 56.2 Å². The summed E-state index contributed by atoms with van der Waals surface area (Å²) in [6.07, 6.45) is 7.76. The standard InChI is InChI=1S/C25H39N5O4S/c26-20(15-25(8-10-27-11-9-25)18-5-2-1-3-6-18)23(32)30-13-12-29(24(33)34)17-21(30)22(31)28-16-19-7-4-14-35-19/h4,7,14,18,20-21,27H,1-3,5-6,8-13,15-17,26H2,(H,28,31)(H,33,34)/t20?,21-/m0/s1. The highest BCUT2D eigenvalue weighted by Gasteiger charge is 2.44. The number of carbonyl (C=O) groups excluding carboxylic acids is 2. The summed E-state index contributed by atoms with van der Waals surface area (Å²) in [5, 5.41) is 17.8. The normalized spacial score (nSPS) is 24.1. The van der Waals surface area contributed by atoms with E-state index in [0.29, 0.717) is 18.9 Å². The Kier molecular flexibility index (Phi) is 8.67. The molecule has 35 heavy (non-hydrogen) atoms. The van der Waals surface area contributed by atoms with Crippen LogP contribution in [0.5, 0.6) is 0 Å². The lowest BCUT2D eigenvalue weighted by Crippen LogP contribution is -2.64. The van der Waals surface area contributed by atoms with E-state index in [1.54, 1.807) is 0 Å². The summed E-state index contributed by atoms with van der Waals surface area (Å²) in [6.45, 7) is 2.56. The Morgan fingerprint density at radius 1 is 1.20 bits per heavy atom. The molecular formula is C25H39N5O4S. The fraction of sp³-hybridized carbons (Fsp3) is 0.720. The summed E-state index contributed by atoms with van der Waals surface area (Å²) in [4.78, 5) is 42.2. The van der Waals surface area contributed by atoms with Crippen molar-refractivity contribution in [1.29, 1.82) is 0 Å². The molecule has 0 aromatic carbocycles. The summed E-state index contributed by atoms with van der Waals surface area (Å²) < 4.78 is 0. The minimum atomic E-state index is -1.08. The molecule has 2 atom stereocenters. The molecular weight excluding hydrogens is 466 g/mol. The van der Waals surface area contributed by atoms with Crippen molar-refractivity contribution in [2.75, 3.05) is 32.7 Å². The molecule has 0 spiro atoms. The molecule has 3 heterocycles. The number of hydrogen-bond acceptors (Lipinski definition) is 6. The van der Waals surface area contributed by atoms with Gasteiger partial charge in [-0.15, -0.1) is 11.3 Å². The summed E-state index contributed by atoms with van der Waals surface area (Å²) in [5.74, 6) is 0.0136. The van der Waals surface area contributed by atoms with Crippen LogP contribution in [0, 0.1) is 11.3 Å². The van der Waals surface area contributed by atoms with Crippen LogP contribution in [0.15, 0.2) is 17.5 Å². The highest BCUT2D eigenvalue weighted by molar-refractivity contribution is 7.09. The maximum absolute atomic E-state index is 13.7. The van der Waals surface area contributed by atoms with E-state index in [0.717, 1.165) is 30.8 Å². The zero-order valence-electron chi connectivity index (χ0n) is 20.4. The monoisotopic (exact) mass is 505 g/mol. The van der Waals surface area contributed by atoms with Gasteiger partial charge in [-0.05, 0) is 68.0 Å². The van der Waals surface area contributed by atoms with Gasteiger partial charge in [-0.2, -0.15) is 0 Å². The zero-order valence-corrected chi connectivity index (χ0v) is 21.2. The zero-order chi connectivity index (χ0) is 24.8. The number of nitrogens with one attached hydrogen (secondary N) is 2. The fourth-order valence-corrected chi connectivity index (χ4v) is 6.95. The van der Waals surface area contributed by atoms with Crippen molar-refractivity contribution in [1.82, 2.24) is 20.4 Å². The van der Waals surface area contributed by atoms with E-state index < -0.39 is 18.2 Å². The number of piperazine rings is 1. The van der Waals surface area contributed by atoms with Crippen LogP contribution >= 0.6 is 11.3 Å². The van der Waals surface area contributed by atoms with Gasteiger partial charge in [0.2, 0.25) is 11.8 Å². The van der Waals surface area contributed by atoms with E-state index in [2.05, 4.69) is 10.6 Å². The minimum absolute atomic E-state index is 0.0399. The Morgan fingerprint density at radius 3 is 2.60 bits per heavy atom. The molecule has 1 aromatic rings. The molecule has 3 fully saturated rings. The first kappa shape index (κ1) is 25.9. The summed E-state index contributed by atoms with van der Waals surface area (Å²) in [5.41, 5.74) is 6.66. The van der Waals surface area contributed by atoms with Gasteiger partial charge in [0.15, 0.2) is 0 Å². The maximum atomic E-state index is 13.7. The number of carboxylic acid groups (broad SMARTS) is 1. The SMILES string of the molecule is NC(CC1(C2CCCCC2)CCNCC1)C(=O)N1CCN(C(=O)O)C[C@H]1C(=O)NCc1cccs1. The summed E-state index contributed by atoms with van der Waals surface area (Å²) in [6, 6.07) is 2.27. The average molecular weight is 506 g/mol. The van der Waals surface area contributed by atoms with Gasteiger partial charge >= 0.3 is 6.09 Å². The Balaban J connectivity index is 1.46. The smallest absolute Gasteiger partial charge is 0.407 e.